The number of ether oxygens (including phenoxy) is 1. The summed E-state index contributed by atoms with van der Waals surface area (Å²) in [6, 6.07) is 3.87. The number of imidazole rings is 1. The molecule has 0 radical (unpaired) electrons. The first-order chi connectivity index (χ1) is 10.1. The molecule has 114 valence electrons. The summed E-state index contributed by atoms with van der Waals surface area (Å²) in [6.07, 6.45) is 1.95. The van der Waals surface area contributed by atoms with Gasteiger partial charge in [0.1, 0.15) is 5.75 Å². The average molecular weight is 310 g/mol. The summed E-state index contributed by atoms with van der Waals surface area (Å²) in [5.74, 6) is 0.626. The molecule has 1 aliphatic rings. The molecule has 1 aliphatic heterocycles. The van der Waals surface area contributed by atoms with Crippen molar-refractivity contribution >= 4 is 22.6 Å². The van der Waals surface area contributed by atoms with Gasteiger partial charge in [-0.15, -0.1) is 0 Å². The highest BCUT2D eigenvalue weighted by molar-refractivity contribution is 6.32. The molecular weight excluding hydrogens is 290 g/mol. The molecule has 0 spiro atoms. The summed E-state index contributed by atoms with van der Waals surface area (Å²) in [4.78, 5) is 15.2. The van der Waals surface area contributed by atoms with Gasteiger partial charge in [0.05, 0.1) is 22.2 Å². The predicted octanol–water partition coefficient (Wildman–Crippen LogP) is 2.69. The number of hydrogen-bond donors (Lipinski definition) is 2. The second kappa shape index (κ2) is 5.73. The Kier molecular flexibility index (Phi) is 3.95. The summed E-state index contributed by atoms with van der Waals surface area (Å²) in [5.41, 5.74) is 1.56. The van der Waals surface area contributed by atoms with Crippen LogP contribution in [0.2, 0.25) is 5.02 Å². The highest BCUT2D eigenvalue weighted by Gasteiger charge is 2.21. The molecule has 5 nitrogen and oxygen atoms in total. The smallest absolute Gasteiger partial charge is 0.326 e. The van der Waals surface area contributed by atoms with E-state index in [9.17, 15) is 4.79 Å². The van der Waals surface area contributed by atoms with Gasteiger partial charge in [-0.2, -0.15) is 0 Å². The summed E-state index contributed by atoms with van der Waals surface area (Å²) >= 11 is 6.23. The van der Waals surface area contributed by atoms with Crippen molar-refractivity contribution in [1.82, 2.24) is 14.9 Å². The number of aromatic nitrogens is 2. The zero-order valence-corrected chi connectivity index (χ0v) is 13.0. The average Bonchev–Trinajstić information content (AvgIpc) is 2.75. The fourth-order valence-electron chi connectivity index (χ4n) is 2.90. The fraction of sp³-hybridized carbons (Fsp3) is 0.533. The summed E-state index contributed by atoms with van der Waals surface area (Å²) in [6.45, 7) is 5.79. The van der Waals surface area contributed by atoms with Gasteiger partial charge in [-0.1, -0.05) is 11.6 Å². The lowest BCUT2D eigenvalue weighted by molar-refractivity contribution is 0.243. The van der Waals surface area contributed by atoms with E-state index in [1.807, 2.05) is 24.5 Å². The van der Waals surface area contributed by atoms with Crippen LogP contribution in [0.1, 0.15) is 32.7 Å². The fourth-order valence-corrected chi connectivity index (χ4v) is 3.11. The van der Waals surface area contributed by atoms with Crippen LogP contribution in [0.5, 0.6) is 5.75 Å². The van der Waals surface area contributed by atoms with Crippen molar-refractivity contribution in [1.29, 1.82) is 0 Å². The van der Waals surface area contributed by atoms with E-state index in [4.69, 9.17) is 16.3 Å². The molecule has 0 unspecified atom stereocenters. The molecule has 0 saturated carbocycles. The summed E-state index contributed by atoms with van der Waals surface area (Å²) in [7, 11) is 0. The van der Waals surface area contributed by atoms with E-state index in [-0.39, 0.29) is 17.8 Å². The highest BCUT2D eigenvalue weighted by atomic mass is 35.5. The largest absolute Gasteiger partial charge is 0.489 e. The molecule has 1 saturated heterocycles. The van der Waals surface area contributed by atoms with Gasteiger partial charge in [-0.05, 0) is 45.8 Å². The van der Waals surface area contributed by atoms with Gasteiger partial charge in [0, 0.05) is 12.1 Å². The van der Waals surface area contributed by atoms with Gasteiger partial charge in [-0.25, -0.2) is 4.79 Å². The van der Waals surface area contributed by atoms with Crippen molar-refractivity contribution in [3.63, 3.8) is 0 Å². The lowest BCUT2D eigenvalue weighted by atomic mass is 10.1. The third-order valence-corrected chi connectivity index (χ3v) is 4.10. The van der Waals surface area contributed by atoms with Crippen LogP contribution in [0.15, 0.2) is 16.9 Å². The maximum Gasteiger partial charge on any atom is 0.326 e. The molecule has 3 rings (SSSR count). The number of nitrogens with zero attached hydrogens (tertiary/aromatic N) is 1. The lowest BCUT2D eigenvalue weighted by Crippen LogP contribution is -2.33. The van der Waals surface area contributed by atoms with Crippen LogP contribution in [0.4, 0.5) is 0 Å². The van der Waals surface area contributed by atoms with Crippen molar-refractivity contribution in [3.05, 3.63) is 27.6 Å². The Morgan fingerprint density at radius 2 is 2.05 bits per heavy atom. The number of aromatic amines is 1. The van der Waals surface area contributed by atoms with E-state index < -0.39 is 0 Å². The van der Waals surface area contributed by atoms with Gasteiger partial charge >= 0.3 is 5.69 Å². The van der Waals surface area contributed by atoms with E-state index in [2.05, 4.69) is 10.3 Å². The molecule has 6 heteroatoms. The van der Waals surface area contributed by atoms with Crippen LogP contribution in [-0.2, 0) is 0 Å². The van der Waals surface area contributed by atoms with Crippen LogP contribution >= 0.6 is 11.6 Å². The zero-order valence-electron chi connectivity index (χ0n) is 12.3. The lowest BCUT2D eigenvalue weighted by Gasteiger charge is -2.24. The first-order valence-corrected chi connectivity index (χ1v) is 7.75. The topological polar surface area (TPSA) is 59.1 Å². The van der Waals surface area contributed by atoms with Crippen molar-refractivity contribution in [3.8, 4) is 5.75 Å². The quantitative estimate of drug-likeness (QED) is 0.916. The molecule has 1 aromatic heterocycles. The Morgan fingerprint density at radius 1 is 1.33 bits per heavy atom. The molecule has 2 N–H and O–H groups in total. The predicted molar refractivity (Wildman–Crippen MR) is 84.5 cm³/mol. The number of fused-ring (bicyclic) bond motifs is 1. The van der Waals surface area contributed by atoms with Crippen LogP contribution in [0.3, 0.4) is 0 Å². The Labute approximate surface area is 128 Å². The number of rotatable bonds is 3. The molecule has 0 amide bonds. The molecule has 1 aromatic carbocycles. The minimum Gasteiger partial charge on any atom is -0.489 e. The Hall–Kier alpha value is -1.46. The van der Waals surface area contributed by atoms with Crippen LogP contribution in [0.25, 0.3) is 11.0 Å². The molecule has 2 aromatic rings. The van der Waals surface area contributed by atoms with Crippen LogP contribution in [0, 0.1) is 0 Å². The second-order valence-corrected chi connectivity index (χ2v) is 6.15. The SMILES string of the molecule is CC(C)Oc1cc2c(cc1Cl)[nH]c(=O)n2C1CCNCC1. The molecular formula is C15H20ClN3O2. The normalized spacial score (nSPS) is 16.8. The van der Waals surface area contributed by atoms with Gasteiger partial charge in [0.2, 0.25) is 0 Å². The maximum atomic E-state index is 12.3. The van der Waals surface area contributed by atoms with Gasteiger partial charge in [0.15, 0.2) is 0 Å². The van der Waals surface area contributed by atoms with Crippen LogP contribution < -0.4 is 15.7 Å². The number of piperidine rings is 1. The second-order valence-electron chi connectivity index (χ2n) is 5.75. The minimum atomic E-state index is -0.0744. The minimum absolute atomic E-state index is 0.0398. The Bertz CT molecular complexity index is 699. The Morgan fingerprint density at radius 3 is 2.71 bits per heavy atom. The summed E-state index contributed by atoms with van der Waals surface area (Å²) in [5, 5.41) is 3.84. The molecule has 2 heterocycles. The molecule has 21 heavy (non-hydrogen) atoms. The number of hydrogen-bond acceptors (Lipinski definition) is 3. The van der Waals surface area contributed by atoms with Crippen LogP contribution in [-0.4, -0.2) is 28.7 Å². The van der Waals surface area contributed by atoms with Crippen molar-refractivity contribution in [2.75, 3.05) is 13.1 Å². The van der Waals surface area contributed by atoms with E-state index in [1.165, 1.54) is 0 Å². The number of nitrogens with one attached hydrogen (secondary N) is 2. The van der Waals surface area contributed by atoms with Crippen molar-refractivity contribution < 1.29 is 4.74 Å². The van der Waals surface area contributed by atoms with Gasteiger partial charge in [0.25, 0.3) is 0 Å². The number of benzene rings is 1. The monoisotopic (exact) mass is 309 g/mol. The van der Waals surface area contributed by atoms with Crippen molar-refractivity contribution in [2.45, 2.75) is 38.8 Å². The van der Waals surface area contributed by atoms with Gasteiger partial charge in [-0.3, -0.25) is 4.57 Å². The first kappa shape index (κ1) is 14.5. The first-order valence-electron chi connectivity index (χ1n) is 7.37. The third kappa shape index (κ3) is 2.80. The van der Waals surface area contributed by atoms with Crippen molar-refractivity contribution in [2.24, 2.45) is 0 Å². The standard InChI is InChI=1S/C15H20ClN3O2/c1-9(2)21-14-8-13-12(7-11(14)16)18-15(20)19(13)10-3-5-17-6-4-10/h7-10,17H,3-6H2,1-2H3,(H,18,20). The maximum absolute atomic E-state index is 12.3. The third-order valence-electron chi connectivity index (χ3n) is 3.81. The van der Waals surface area contributed by atoms with Gasteiger partial charge < -0.3 is 15.0 Å². The summed E-state index contributed by atoms with van der Waals surface area (Å²) < 4.78 is 7.58. The molecule has 0 bridgehead atoms. The van der Waals surface area contributed by atoms with E-state index in [1.54, 1.807) is 6.07 Å². The zero-order chi connectivity index (χ0) is 15.0. The van der Waals surface area contributed by atoms with E-state index >= 15 is 0 Å². The molecule has 0 atom stereocenters. The highest BCUT2D eigenvalue weighted by Crippen LogP contribution is 2.31. The molecule has 0 aliphatic carbocycles. The Balaban J connectivity index is 2.10. The number of H-pyrrole nitrogens is 1. The van der Waals surface area contributed by atoms with E-state index in [0.29, 0.717) is 10.8 Å². The number of halogens is 1. The van der Waals surface area contributed by atoms with E-state index in [0.717, 1.165) is 37.0 Å². The molecule has 1 fully saturated rings.